The second-order valence-electron chi connectivity index (χ2n) is 6.56. The van der Waals surface area contributed by atoms with Crippen molar-refractivity contribution >= 4 is 15.9 Å². The van der Waals surface area contributed by atoms with Crippen molar-refractivity contribution in [3.05, 3.63) is 18.0 Å². The minimum atomic E-state index is -3.16. The molecule has 1 aromatic rings. The van der Waals surface area contributed by atoms with Crippen molar-refractivity contribution < 1.29 is 17.9 Å². The van der Waals surface area contributed by atoms with E-state index in [0.717, 1.165) is 25.0 Å². The van der Waals surface area contributed by atoms with Gasteiger partial charge in [-0.1, -0.05) is 0 Å². The number of carbonyl (C=O) groups is 1. The highest BCUT2D eigenvalue weighted by molar-refractivity contribution is 7.91. The van der Waals surface area contributed by atoms with Crippen LogP contribution in [0, 0.1) is 0 Å². The van der Waals surface area contributed by atoms with Crippen molar-refractivity contribution in [1.82, 2.24) is 20.0 Å². The van der Waals surface area contributed by atoms with Gasteiger partial charge in [0.25, 0.3) is 0 Å². The van der Waals surface area contributed by atoms with Crippen LogP contribution in [0.2, 0.25) is 0 Å². The number of hydrogen-bond acceptors (Lipinski definition) is 5. The molecule has 2 aliphatic heterocycles. The number of urea groups is 1. The Morgan fingerprint density at radius 3 is 2.92 bits per heavy atom. The number of hydrogen-bond donors (Lipinski definition) is 1. The van der Waals surface area contributed by atoms with Crippen LogP contribution in [0.1, 0.15) is 31.4 Å². The molecule has 8 nitrogen and oxygen atoms in total. The summed E-state index contributed by atoms with van der Waals surface area (Å²) in [7, 11) is -1.40. The number of aryl methyl sites for hydroxylation is 1. The summed E-state index contributed by atoms with van der Waals surface area (Å²) in [5.41, 5.74) is 0.737. The molecular weight excluding hydrogens is 332 g/mol. The molecule has 3 atom stereocenters. The lowest BCUT2D eigenvalue weighted by molar-refractivity contribution is 0.0821. The number of amides is 2. The van der Waals surface area contributed by atoms with E-state index in [-0.39, 0.29) is 36.2 Å². The fraction of sp³-hybridized carbons (Fsp3) is 0.733. The van der Waals surface area contributed by atoms with E-state index in [4.69, 9.17) is 4.74 Å². The van der Waals surface area contributed by atoms with Crippen LogP contribution in [0.4, 0.5) is 4.79 Å². The van der Waals surface area contributed by atoms with Crippen molar-refractivity contribution in [2.75, 3.05) is 24.7 Å². The Morgan fingerprint density at radius 1 is 1.50 bits per heavy atom. The summed E-state index contributed by atoms with van der Waals surface area (Å²) < 4.78 is 31.3. The fourth-order valence-electron chi connectivity index (χ4n) is 3.31. The van der Waals surface area contributed by atoms with Crippen LogP contribution in [0.25, 0.3) is 0 Å². The highest BCUT2D eigenvalue weighted by Crippen LogP contribution is 2.27. The molecule has 0 aliphatic carbocycles. The Labute approximate surface area is 142 Å². The standard InChI is InChI=1S/C15H24N4O4S/c1-11(14-4-3-6-23-14)17-15(20)19-5-7-24(21,22)10-13(19)12-8-16-18(2)9-12/h8-9,11,13-14H,3-7,10H2,1-2H3,(H,17,20). The maximum absolute atomic E-state index is 12.7. The molecule has 3 unspecified atom stereocenters. The largest absolute Gasteiger partial charge is 0.376 e. The first-order valence-electron chi connectivity index (χ1n) is 8.23. The molecule has 2 aliphatic rings. The Morgan fingerprint density at radius 2 is 2.29 bits per heavy atom. The highest BCUT2D eigenvalue weighted by atomic mass is 32.2. The Hall–Kier alpha value is -1.61. The normalized spacial score (nSPS) is 27.8. The van der Waals surface area contributed by atoms with E-state index in [1.807, 2.05) is 6.92 Å². The van der Waals surface area contributed by atoms with Gasteiger partial charge in [-0.25, -0.2) is 13.2 Å². The SMILES string of the molecule is CC(NC(=O)N1CCS(=O)(=O)CC1c1cnn(C)c1)C1CCCO1. The zero-order valence-corrected chi connectivity index (χ0v) is 14.8. The molecule has 24 heavy (non-hydrogen) atoms. The number of ether oxygens (including phenoxy) is 1. The topological polar surface area (TPSA) is 93.5 Å². The van der Waals surface area contributed by atoms with E-state index in [1.165, 1.54) is 0 Å². The molecule has 3 rings (SSSR count). The molecule has 0 saturated carbocycles. The number of sulfone groups is 1. The average molecular weight is 356 g/mol. The van der Waals surface area contributed by atoms with E-state index in [1.54, 1.807) is 29.0 Å². The van der Waals surface area contributed by atoms with E-state index < -0.39 is 15.9 Å². The van der Waals surface area contributed by atoms with E-state index in [2.05, 4.69) is 10.4 Å². The van der Waals surface area contributed by atoms with Gasteiger partial charge in [0.15, 0.2) is 9.84 Å². The van der Waals surface area contributed by atoms with Gasteiger partial charge in [-0.05, 0) is 19.8 Å². The predicted molar refractivity (Wildman–Crippen MR) is 88.3 cm³/mol. The van der Waals surface area contributed by atoms with E-state index >= 15 is 0 Å². The summed E-state index contributed by atoms with van der Waals surface area (Å²) >= 11 is 0. The summed E-state index contributed by atoms with van der Waals surface area (Å²) in [6.07, 6.45) is 5.34. The fourth-order valence-corrected chi connectivity index (χ4v) is 4.80. The van der Waals surface area contributed by atoms with Gasteiger partial charge < -0.3 is 15.0 Å². The number of nitrogens with one attached hydrogen (secondary N) is 1. The average Bonchev–Trinajstić information content (AvgIpc) is 3.17. The van der Waals surface area contributed by atoms with Crippen LogP contribution in [-0.2, 0) is 21.6 Å². The highest BCUT2D eigenvalue weighted by Gasteiger charge is 2.37. The lowest BCUT2D eigenvalue weighted by Gasteiger charge is -2.36. The van der Waals surface area contributed by atoms with Gasteiger partial charge in [-0.2, -0.15) is 5.10 Å². The molecule has 2 saturated heterocycles. The maximum atomic E-state index is 12.7. The summed E-state index contributed by atoms with van der Waals surface area (Å²) in [6.45, 7) is 2.84. The molecule has 0 radical (unpaired) electrons. The molecule has 0 spiro atoms. The molecule has 9 heteroatoms. The maximum Gasteiger partial charge on any atom is 0.318 e. The zero-order chi connectivity index (χ0) is 17.3. The Bertz CT molecular complexity index is 696. The van der Waals surface area contributed by atoms with Gasteiger partial charge in [0, 0.05) is 32.0 Å². The van der Waals surface area contributed by atoms with Gasteiger partial charge in [-0.3, -0.25) is 4.68 Å². The lowest BCUT2D eigenvalue weighted by Crippen LogP contribution is -2.53. The van der Waals surface area contributed by atoms with Crippen LogP contribution in [0.5, 0.6) is 0 Å². The van der Waals surface area contributed by atoms with Gasteiger partial charge >= 0.3 is 6.03 Å². The van der Waals surface area contributed by atoms with Crippen LogP contribution in [-0.4, -0.2) is 65.9 Å². The van der Waals surface area contributed by atoms with E-state index in [9.17, 15) is 13.2 Å². The second kappa shape index (κ2) is 6.72. The minimum Gasteiger partial charge on any atom is -0.376 e. The third kappa shape index (κ3) is 3.72. The zero-order valence-electron chi connectivity index (χ0n) is 14.0. The molecule has 2 amide bonds. The van der Waals surface area contributed by atoms with Crippen LogP contribution in [0.15, 0.2) is 12.4 Å². The molecular formula is C15H24N4O4S. The molecule has 2 fully saturated rings. The lowest BCUT2D eigenvalue weighted by atomic mass is 10.1. The molecule has 134 valence electrons. The van der Waals surface area contributed by atoms with E-state index in [0.29, 0.717) is 0 Å². The summed E-state index contributed by atoms with van der Waals surface area (Å²) in [5.74, 6) is -0.0775. The van der Waals surface area contributed by atoms with Crippen LogP contribution < -0.4 is 5.32 Å². The Balaban J connectivity index is 1.74. The first kappa shape index (κ1) is 17.2. The smallest absolute Gasteiger partial charge is 0.318 e. The predicted octanol–water partition coefficient (Wildman–Crippen LogP) is 0.469. The molecule has 1 N–H and O–H groups in total. The van der Waals surface area contributed by atoms with Crippen molar-refractivity contribution in [3.8, 4) is 0 Å². The van der Waals surface area contributed by atoms with Crippen molar-refractivity contribution in [1.29, 1.82) is 0 Å². The molecule has 1 aromatic heterocycles. The van der Waals surface area contributed by atoms with Gasteiger partial charge in [0.05, 0.1) is 35.9 Å². The molecule has 0 aromatic carbocycles. The number of carbonyl (C=O) groups excluding carboxylic acids is 1. The number of aromatic nitrogens is 2. The summed E-state index contributed by atoms with van der Waals surface area (Å²) in [4.78, 5) is 14.3. The van der Waals surface area contributed by atoms with Gasteiger partial charge in [-0.15, -0.1) is 0 Å². The van der Waals surface area contributed by atoms with Crippen molar-refractivity contribution in [3.63, 3.8) is 0 Å². The Kier molecular flexibility index (Phi) is 4.82. The van der Waals surface area contributed by atoms with Crippen LogP contribution in [0.3, 0.4) is 0 Å². The van der Waals surface area contributed by atoms with Gasteiger partial charge in [0.1, 0.15) is 0 Å². The number of rotatable bonds is 3. The molecule has 3 heterocycles. The van der Waals surface area contributed by atoms with Crippen molar-refractivity contribution in [2.45, 2.75) is 38.0 Å². The summed E-state index contributed by atoms with van der Waals surface area (Å²) in [6, 6.07) is -0.857. The molecule has 0 bridgehead atoms. The first-order valence-corrected chi connectivity index (χ1v) is 10.1. The van der Waals surface area contributed by atoms with Crippen LogP contribution >= 0.6 is 0 Å². The number of nitrogens with zero attached hydrogens (tertiary/aromatic N) is 3. The first-order chi connectivity index (χ1) is 11.4. The van der Waals surface area contributed by atoms with Crippen molar-refractivity contribution in [2.24, 2.45) is 7.05 Å². The second-order valence-corrected chi connectivity index (χ2v) is 8.79. The minimum absolute atomic E-state index is 0.00844. The third-order valence-corrected chi connectivity index (χ3v) is 6.30. The quantitative estimate of drug-likeness (QED) is 0.850. The summed E-state index contributed by atoms with van der Waals surface area (Å²) in [5, 5.41) is 7.07. The van der Waals surface area contributed by atoms with Gasteiger partial charge in [0.2, 0.25) is 0 Å². The monoisotopic (exact) mass is 356 g/mol. The third-order valence-electron chi connectivity index (χ3n) is 4.68.